The van der Waals surface area contributed by atoms with Crippen molar-refractivity contribution >= 4 is 11.8 Å². The maximum atomic E-state index is 12.6. The van der Waals surface area contributed by atoms with Crippen molar-refractivity contribution in [2.45, 2.75) is 64.8 Å². The third-order valence-corrected chi connectivity index (χ3v) is 9.64. The van der Waals surface area contributed by atoms with E-state index in [9.17, 15) is 9.59 Å². The molecule has 0 saturated heterocycles. The van der Waals surface area contributed by atoms with Gasteiger partial charge in [0.15, 0.2) is 0 Å². The van der Waals surface area contributed by atoms with Gasteiger partial charge in [-0.05, 0) is 87.8 Å². The molecular weight excluding hydrogens is 374 g/mol. The van der Waals surface area contributed by atoms with E-state index in [1.165, 1.54) is 32.1 Å². The van der Waals surface area contributed by atoms with Gasteiger partial charge >= 0.3 is 0 Å². The monoisotopic (exact) mass is 415 g/mol. The fraction of sp³-hybridized carbons (Fsp3) is 0.840. The van der Waals surface area contributed by atoms with E-state index in [0.717, 1.165) is 31.3 Å². The van der Waals surface area contributed by atoms with Gasteiger partial charge < -0.3 is 15.1 Å². The molecule has 2 amide bonds. The van der Waals surface area contributed by atoms with E-state index >= 15 is 0 Å². The van der Waals surface area contributed by atoms with E-state index in [1.807, 2.05) is 32.1 Å². The number of nitrogens with zero attached hydrogens (tertiary/aromatic N) is 2. The number of nitrogens with one attached hydrogen (secondary N) is 1. The Morgan fingerprint density at radius 3 is 2.67 bits per heavy atom. The lowest BCUT2D eigenvalue weighted by molar-refractivity contribution is -0.139. The van der Waals surface area contributed by atoms with Crippen molar-refractivity contribution in [2.75, 3.05) is 34.2 Å². The van der Waals surface area contributed by atoms with Crippen molar-refractivity contribution in [1.82, 2.24) is 15.1 Å². The van der Waals surface area contributed by atoms with Gasteiger partial charge in [0.2, 0.25) is 11.8 Å². The van der Waals surface area contributed by atoms with Crippen LogP contribution in [0.2, 0.25) is 0 Å². The first-order valence-corrected chi connectivity index (χ1v) is 12.0. The first-order chi connectivity index (χ1) is 14.2. The minimum atomic E-state index is 0.106. The van der Waals surface area contributed by atoms with E-state index in [1.54, 1.807) is 0 Å². The third kappa shape index (κ3) is 3.51. The molecule has 1 N–H and O–H groups in total. The topological polar surface area (TPSA) is 52.7 Å². The number of hydrogen-bond acceptors (Lipinski definition) is 3. The van der Waals surface area contributed by atoms with Gasteiger partial charge in [-0.15, -0.1) is 0 Å². The van der Waals surface area contributed by atoms with Gasteiger partial charge in [-0.25, -0.2) is 0 Å². The Hall–Kier alpha value is -1.36. The quantitative estimate of drug-likeness (QED) is 0.749. The minimum Gasteiger partial charge on any atom is -0.355 e. The molecule has 5 nitrogen and oxygen atoms in total. The number of fused-ring (bicyclic) bond motifs is 5. The summed E-state index contributed by atoms with van der Waals surface area (Å²) in [6, 6.07) is 0.347. The molecule has 0 aromatic rings. The lowest BCUT2D eigenvalue weighted by Crippen LogP contribution is -2.59. The van der Waals surface area contributed by atoms with E-state index in [0.29, 0.717) is 29.7 Å². The second-order valence-corrected chi connectivity index (χ2v) is 11.3. The van der Waals surface area contributed by atoms with Gasteiger partial charge in [-0.3, -0.25) is 9.59 Å². The zero-order chi connectivity index (χ0) is 21.7. The number of amides is 2. The number of carbonyl (C=O) groups excluding carboxylic acids is 2. The predicted octanol–water partition coefficient (Wildman–Crippen LogP) is 3.31. The molecule has 3 fully saturated rings. The highest BCUT2D eigenvalue weighted by Gasteiger charge is 2.60. The molecular formula is C25H41N3O2. The number of carbonyl (C=O) groups is 2. The zero-order valence-corrected chi connectivity index (χ0v) is 19.6. The van der Waals surface area contributed by atoms with Gasteiger partial charge in [-0.2, -0.15) is 0 Å². The van der Waals surface area contributed by atoms with Crippen molar-refractivity contribution in [3.8, 4) is 0 Å². The predicted molar refractivity (Wildman–Crippen MR) is 120 cm³/mol. The van der Waals surface area contributed by atoms with Crippen LogP contribution < -0.4 is 5.32 Å². The molecule has 0 unspecified atom stereocenters. The maximum Gasteiger partial charge on any atom is 0.246 e. The van der Waals surface area contributed by atoms with Crippen LogP contribution >= 0.6 is 0 Å². The van der Waals surface area contributed by atoms with Gasteiger partial charge in [0, 0.05) is 38.0 Å². The molecule has 4 rings (SSSR count). The molecule has 7 atom stereocenters. The lowest BCUT2D eigenvalue weighted by atomic mass is 9.47. The van der Waals surface area contributed by atoms with Crippen LogP contribution in [0, 0.1) is 34.5 Å². The fourth-order valence-corrected chi connectivity index (χ4v) is 7.90. The summed E-state index contributed by atoms with van der Waals surface area (Å²) in [7, 11) is 6.07. The van der Waals surface area contributed by atoms with Crippen LogP contribution in [0.15, 0.2) is 12.2 Å². The molecule has 168 valence electrons. The molecule has 1 heterocycles. The molecule has 0 aromatic heterocycles. The summed E-state index contributed by atoms with van der Waals surface area (Å²) in [5.41, 5.74) is 0.401. The van der Waals surface area contributed by atoms with Gasteiger partial charge in [0.1, 0.15) is 0 Å². The number of hydrogen-bond donors (Lipinski definition) is 1. The Balaban J connectivity index is 1.46. The highest BCUT2D eigenvalue weighted by molar-refractivity contribution is 5.89. The van der Waals surface area contributed by atoms with Crippen LogP contribution in [0.4, 0.5) is 0 Å². The first-order valence-electron chi connectivity index (χ1n) is 12.0. The largest absolute Gasteiger partial charge is 0.355 e. The van der Waals surface area contributed by atoms with Crippen LogP contribution in [0.3, 0.4) is 0 Å². The second kappa shape index (κ2) is 7.96. The zero-order valence-electron chi connectivity index (χ0n) is 19.6. The normalized spacial score (nSPS) is 42.7. The standard InChI is InChI=1S/C25H41N3O2/c1-24-12-10-20-18(7-9-21-25(20,2)13-11-23(30)28(21)5)19(24)8-6-17(24)16-22(29)26-14-15-27(3)4/h11,13,17-21H,6-10,12,14-16H2,1-5H3,(H,26,29)/t17-,18+,19+,20+,21-,24-,25-/m1/s1. The van der Waals surface area contributed by atoms with Crippen molar-refractivity contribution in [1.29, 1.82) is 0 Å². The molecule has 0 bridgehead atoms. The average Bonchev–Trinajstić information content (AvgIpc) is 3.01. The number of likely N-dealkylation sites (N-methyl/N-ethyl adjacent to an activating group) is 2. The molecule has 0 aromatic carbocycles. The van der Waals surface area contributed by atoms with E-state index in [-0.39, 0.29) is 17.2 Å². The highest BCUT2D eigenvalue weighted by atomic mass is 16.2. The van der Waals surface area contributed by atoms with Crippen molar-refractivity contribution in [3.63, 3.8) is 0 Å². The molecule has 0 radical (unpaired) electrons. The summed E-state index contributed by atoms with van der Waals surface area (Å²) in [6.45, 7) is 6.52. The minimum absolute atomic E-state index is 0.106. The summed E-state index contributed by atoms with van der Waals surface area (Å²) >= 11 is 0. The van der Waals surface area contributed by atoms with Crippen molar-refractivity contribution in [3.05, 3.63) is 12.2 Å². The van der Waals surface area contributed by atoms with Crippen LogP contribution in [-0.2, 0) is 9.59 Å². The third-order valence-electron chi connectivity index (χ3n) is 9.64. The van der Waals surface area contributed by atoms with E-state index in [4.69, 9.17) is 0 Å². The molecule has 4 aliphatic rings. The maximum absolute atomic E-state index is 12.6. The summed E-state index contributed by atoms with van der Waals surface area (Å²) < 4.78 is 0. The Labute approximate surface area is 182 Å². The van der Waals surface area contributed by atoms with Crippen LogP contribution in [0.25, 0.3) is 0 Å². The Morgan fingerprint density at radius 1 is 1.17 bits per heavy atom. The Kier molecular flexibility index (Phi) is 5.80. The summed E-state index contributed by atoms with van der Waals surface area (Å²) in [6.07, 6.45) is 12.0. The van der Waals surface area contributed by atoms with Crippen molar-refractivity contribution < 1.29 is 9.59 Å². The number of rotatable bonds is 5. The average molecular weight is 416 g/mol. The summed E-state index contributed by atoms with van der Waals surface area (Å²) in [5.74, 6) is 3.03. The fourth-order valence-electron chi connectivity index (χ4n) is 7.90. The van der Waals surface area contributed by atoms with Gasteiger partial charge in [0.05, 0.1) is 0 Å². The SMILES string of the molecule is CN(C)CCNC(=O)C[C@H]1CC[C@H]2[C@@H]3CC[C@H]4N(C)C(=O)C=C[C@]4(C)[C@H]3CC[C@]12C. The molecule has 1 aliphatic heterocycles. The Morgan fingerprint density at radius 2 is 1.93 bits per heavy atom. The van der Waals surface area contributed by atoms with E-state index < -0.39 is 0 Å². The molecule has 5 heteroatoms. The lowest BCUT2D eigenvalue weighted by Gasteiger charge is -2.60. The van der Waals surface area contributed by atoms with E-state index in [2.05, 4.69) is 30.1 Å². The van der Waals surface area contributed by atoms with Crippen LogP contribution in [-0.4, -0.2) is 61.9 Å². The van der Waals surface area contributed by atoms with Crippen LogP contribution in [0.5, 0.6) is 0 Å². The van der Waals surface area contributed by atoms with Crippen LogP contribution in [0.1, 0.15) is 58.8 Å². The van der Waals surface area contributed by atoms with Gasteiger partial charge in [0.25, 0.3) is 0 Å². The summed E-state index contributed by atoms with van der Waals surface area (Å²) in [4.78, 5) is 29.0. The second-order valence-electron chi connectivity index (χ2n) is 11.3. The summed E-state index contributed by atoms with van der Waals surface area (Å²) in [5, 5.41) is 3.13. The molecule has 0 spiro atoms. The Bertz CT molecular complexity index is 719. The van der Waals surface area contributed by atoms with Crippen molar-refractivity contribution in [2.24, 2.45) is 34.5 Å². The highest BCUT2D eigenvalue weighted by Crippen LogP contribution is 2.65. The molecule has 3 saturated carbocycles. The first kappa shape index (κ1) is 21.9. The smallest absolute Gasteiger partial charge is 0.246 e. The van der Waals surface area contributed by atoms with Gasteiger partial charge in [-0.1, -0.05) is 19.9 Å². The molecule has 3 aliphatic carbocycles. The molecule has 30 heavy (non-hydrogen) atoms.